The van der Waals surface area contributed by atoms with E-state index in [4.69, 9.17) is 0 Å². The van der Waals surface area contributed by atoms with Gasteiger partial charge in [0.25, 0.3) is 0 Å². The van der Waals surface area contributed by atoms with E-state index in [1.54, 1.807) is 0 Å². The highest BCUT2D eigenvalue weighted by molar-refractivity contribution is 4.69. The number of halogens is 3. The first kappa shape index (κ1) is 9.87. The third-order valence-electron chi connectivity index (χ3n) is 2.57. The molecule has 0 N–H and O–H groups in total. The summed E-state index contributed by atoms with van der Waals surface area (Å²) < 4.78 is 36.8. The maximum Gasteiger partial charge on any atom is 0.391 e. The quantitative estimate of drug-likeness (QED) is 0.530. The lowest BCUT2D eigenvalue weighted by Gasteiger charge is -2.21. The summed E-state index contributed by atoms with van der Waals surface area (Å²) in [7, 11) is 0. The molecule has 12 heavy (non-hydrogen) atoms. The fraction of sp³-hybridized carbons (Fsp3) is 1.00. The first-order valence-corrected chi connectivity index (χ1v) is 4.67. The highest BCUT2D eigenvalue weighted by Crippen LogP contribution is 2.35. The van der Waals surface area contributed by atoms with Crippen molar-refractivity contribution in [1.29, 1.82) is 0 Å². The molecule has 0 radical (unpaired) electrons. The number of alkyl halides is 3. The second kappa shape index (κ2) is 4.15. The Bertz CT molecular complexity index is 120. The van der Waals surface area contributed by atoms with E-state index in [0.717, 1.165) is 32.1 Å². The van der Waals surface area contributed by atoms with Crippen molar-refractivity contribution >= 4 is 0 Å². The monoisotopic (exact) mass is 180 g/mol. The molecule has 0 atom stereocenters. The molecule has 1 rings (SSSR count). The zero-order chi connectivity index (χ0) is 9.03. The zero-order valence-corrected chi connectivity index (χ0v) is 7.16. The number of rotatable bonds is 0. The Balaban J connectivity index is 2.40. The van der Waals surface area contributed by atoms with E-state index in [1.165, 1.54) is 0 Å². The van der Waals surface area contributed by atoms with Crippen LogP contribution in [0.3, 0.4) is 0 Å². The highest BCUT2D eigenvalue weighted by atomic mass is 19.4. The highest BCUT2D eigenvalue weighted by Gasteiger charge is 2.38. The van der Waals surface area contributed by atoms with Crippen molar-refractivity contribution < 1.29 is 13.2 Å². The second-order valence-corrected chi connectivity index (χ2v) is 3.58. The predicted octanol–water partition coefficient (Wildman–Crippen LogP) is 3.91. The maximum absolute atomic E-state index is 12.3. The van der Waals surface area contributed by atoms with Gasteiger partial charge in [-0.2, -0.15) is 13.2 Å². The van der Waals surface area contributed by atoms with Gasteiger partial charge in [0.15, 0.2) is 0 Å². The fourth-order valence-corrected chi connectivity index (χ4v) is 1.78. The Kier molecular flexibility index (Phi) is 3.41. The summed E-state index contributed by atoms with van der Waals surface area (Å²) in [5.74, 6) is -1.02. The molecule has 0 saturated heterocycles. The van der Waals surface area contributed by atoms with Gasteiger partial charge in [-0.15, -0.1) is 0 Å². The molecule has 0 nitrogen and oxygen atoms in total. The van der Waals surface area contributed by atoms with E-state index in [-0.39, 0.29) is 0 Å². The molecule has 0 bridgehead atoms. The summed E-state index contributed by atoms with van der Waals surface area (Å²) in [5, 5.41) is 0. The third kappa shape index (κ3) is 3.03. The Morgan fingerprint density at radius 2 is 1.17 bits per heavy atom. The van der Waals surface area contributed by atoms with Crippen LogP contribution in [0.15, 0.2) is 0 Å². The van der Waals surface area contributed by atoms with Gasteiger partial charge in [-0.3, -0.25) is 0 Å². The van der Waals surface area contributed by atoms with Crippen LogP contribution in [0.1, 0.15) is 44.9 Å². The van der Waals surface area contributed by atoms with Crippen molar-refractivity contribution in [2.45, 2.75) is 51.1 Å². The first-order valence-electron chi connectivity index (χ1n) is 4.67. The average molecular weight is 180 g/mol. The SMILES string of the molecule is FC(F)(F)C1CCCCCCC1. The lowest BCUT2D eigenvalue weighted by molar-refractivity contribution is -0.179. The van der Waals surface area contributed by atoms with Crippen LogP contribution in [0, 0.1) is 5.92 Å². The van der Waals surface area contributed by atoms with Gasteiger partial charge in [0.2, 0.25) is 0 Å². The second-order valence-electron chi connectivity index (χ2n) is 3.58. The van der Waals surface area contributed by atoms with Crippen LogP contribution < -0.4 is 0 Å². The molecule has 0 unspecified atom stereocenters. The summed E-state index contributed by atoms with van der Waals surface area (Å²) >= 11 is 0. The van der Waals surface area contributed by atoms with Crippen LogP contribution in [-0.4, -0.2) is 6.18 Å². The molecule has 1 saturated carbocycles. The van der Waals surface area contributed by atoms with E-state index < -0.39 is 12.1 Å². The fourth-order valence-electron chi connectivity index (χ4n) is 1.78. The Labute approximate surface area is 71.1 Å². The van der Waals surface area contributed by atoms with Gasteiger partial charge in [-0.1, -0.05) is 32.1 Å². The Hall–Kier alpha value is -0.210. The molecular formula is C9H15F3. The van der Waals surface area contributed by atoms with E-state index in [1.807, 2.05) is 0 Å². The summed E-state index contributed by atoms with van der Waals surface area (Å²) in [6.07, 6.45) is 1.34. The summed E-state index contributed by atoms with van der Waals surface area (Å²) in [6.45, 7) is 0. The molecule has 1 aliphatic carbocycles. The molecular weight excluding hydrogens is 165 g/mol. The standard InChI is InChI=1S/C9H15F3/c10-9(11,12)8-6-4-2-1-3-5-7-8/h8H,1-7H2. The van der Waals surface area contributed by atoms with Crippen molar-refractivity contribution in [2.24, 2.45) is 5.92 Å². The summed E-state index contributed by atoms with van der Waals surface area (Å²) in [6, 6.07) is 0. The normalized spacial score (nSPS) is 23.2. The minimum Gasteiger partial charge on any atom is -0.171 e. The topological polar surface area (TPSA) is 0 Å². The molecule has 1 fully saturated rings. The lowest BCUT2D eigenvalue weighted by Crippen LogP contribution is -2.23. The Morgan fingerprint density at radius 1 is 0.750 bits per heavy atom. The van der Waals surface area contributed by atoms with Crippen LogP contribution in [-0.2, 0) is 0 Å². The van der Waals surface area contributed by atoms with E-state index >= 15 is 0 Å². The Morgan fingerprint density at radius 3 is 1.58 bits per heavy atom. The van der Waals surface area contributed by atoms with Gasteiger partial charge in [0.1, 0.15) is 0 Å². The van der Waals surface area contributed by atoms with Gasteiger partial charge < -0.3 is 0 Å². The van der Waals surface area contributed by atoms with Gasteiger partial charge in [-0.05, 0) is 12.8 Å². The van der Waals surface area contributed by atoms with Gasteiger partial charge in [-0.25, -0.2) is 0 Å². The summed E-state index contributed by atoms with van der Waals surface area (Å²) in [4.78, 5) is 0. The largest absolute Gasteiger partial charge is 0.391 e. The molecule has 0 amide bonds. The maximum atomic E-state index is 12.3. The van der Waals surface area contributed by atoms with Crippen LogP contribution in [0.2, 0.25) is 0 Å². The van der Waals surface area contributed by atoms with Crippen LogP contribution >= 0.6 is 0 Å². The van der Waals surface area contributed by atoms with Crippen LogP contribution in [0.5, 0.6) is 0 Å². The van der Waals surface area contributed by atoms with Crippen molar-refractivity contribution in [2.75, 3.05) is 0 Å². The predicted molar refractivity (Wildman–Crippen MR) is 41.9 cm³/mol. The molecule has 0 aliphatic heterocycles. The molecule has 0 aromatic rings. The van der Waals surface area contributed by atoms with Crippen molar-refractivity contribution in [1.82, 2.24) is 0 Å². The molecule has 3 heteroatoms. The molecule has 1 aliphatic rings. The van der Waals surface area contributed by atoms with Crippen molar-refractivity contribution in [3.63, 3.8) is 0 Å². The van der Waals surface area contributed by atoms with Crippen LogP contribution in [0.25, 0.3) is 0 Å². The molecule has 72 valence electrons. The number of hydrogen-bond donors (Lipinski definition) is 0. The van der Waals surface area contributed by atoms with Crippen LogP contribution in [0.4, 0.5) is 13.2 Å². The molecule has 0 aromatic carbocycles. The van der Waals surface area contributed by atoms with Gasteiger partial charge >= 0.3 is 6.18 Å². The molecule has 0 aromatic heterocycles. The minimum absolute atomic E-state index is 0.351. The van der Waals surface area contributed by atoms with E-state index in [0.29, 0.717) is 12.8 Å². The molecule has 0 spiro atoms. The third-order valence-corrected chi connectivity index (χ3v) is 2.57. The molecule has 0 heterocycles. The zero-order valence-electron chi connectivity index (χ0n) is 7.16. The minimum atomic E-state index is -3.95. The summed E-state index contributed by atoms with van der Waals surface area (Å²) in [5.41, 5.74) is 0. The van der Waals surface area contributed by atoms with E-state index in [2.05, 4.69) is 0 Å². The van der Waals surface area contributed by atoms with Crippen molar-refractivity contribution in [3.8, 4) is 0 Å². The smallest absolute Gasteiger partial charge is 0.171 e. The average Bonchev–Trinajstić information content (AvgIpc) is 1.81. The van der Waals surface area contributed by atoms with Crippen molar-refractivity contribution in [3.05, 3.63) is 0 Å². The number of hydrogen-bond acceptors (Lipinski definition) is 0. The first-order chi connectivity index (χ1) is 5.61. The van der Waals surface area contributed by atoms with E-state index in [9.17, 15) is 13.2 Å². The lowest BCUT2D eigenvalue weighted by atomic mass is 9.91. The van der Waals surface area contributed by atoms with Gasteiger partial charge in [0.05, 0.1) is 5.92 Å². The van der Waals surface area contributed by atoms with Gasteiger partial charge in [0, 0.05) is 0 Å².